The number of hydrogen-bond acceptors (Lipinski definition) is 4. The fraction of sp³-hybridized carbons (Fsp3) is 0.333. The number of hydrogen-bond donors (Lipinski definition) is 4. The minimum absolute atomic E-state index is 0.0116. The average Bonchev–Trinajstić information content (AvgIpc) is 2.41. The zero-order chi connectivity index (χ0) is 13.8. The summed E-state index contributed by atoms with van der Waals surface area (Å²) in [5, 5.41) is 6.02. The summed E-state index contributed by atoms with van der Waals surface area (Å²) in [6.07, 6.45) is 1.05. The van der Waals surface area contributed by atoms with E-state index in [4.69, 9.17) is 17.4 Å². The van der Waals surface area contributed by atoms with Crippen molar-refractivity contribution in [3.05, 3.63) is 28.8 Å². The minimum atomic E-state index is -0.267. The molecule has 7 heteroatoms. The van der Waals surface area contributed by atoms with Gasteiger partial charge >= 0.3 is 0 Å². The number of nitrogens with two attached hydrogens (primary N) is 1. The van der Waals surface area contributed by atoms with Crippen molar-refractivity contribution in [2.75, 3.05) is 12.0 Å². The molecule has 0 aliphatic carbocycles. The third kappa shape index (κ3) is 3.36. The number of amides is 2. The molecule has 1 saturated heterocycles. The van der Waals surface area contributed by atoms with Crippen molar-refractivity contribution in [1.29, 1.82) is 0 Å². The Balaban J connectivity index is 2.07. The molecule has 1 heterocycles. The van der Waals surface area contributed by atoms with Crippen LogP contribution in [0.5, 0.6) is 0 Å². The highest BCUT2D eigenvalue weighted by Gasteiger charge is 2.21. The molecule has 1 aromatic rings. The molecule has 1 aliphatic rings. The molecule has 1 fully saturated rings. The van der Waals surface area contributed by atoms with E-state index in [0.29, 0.717) is 35.7 Å². The Hall–Kier alpha value is -1.79. The molecule has 0 radical (unpaired) electrons. The van der Waals surface area contributed by atoms with Gasteiger partial charge in [-0.05, 0) is 24.6 Å². The topological polar surface area (TPSA) is 96.2 Å². The normalized spacial score (nSPS) is 18.6. The van der Waals surface area contributed by atoms with Gasteiger partial charge in [0.05, 0.1) is 11.3 Å². The first-order valence-corrected chi connectivity index (χ1v) is 6.31. The quantitative estimate of drug-likeness (QED) is 0.483. The number of carbonyl (C=O) groups is 2. The van der Waals surface area contributed by atoms with Crippen LogP contribution < -0.4 is 21.9 Å². The maximum atomic E-state index is 12.1. The second kappa shape index (κ2) is 5.90. The van der Waals surface area contributed by atoms with E-state index in [1.165, 1.54) is 0 Å². The van der Waals surface area contributed by atoms with Gasteiger partial charge in [-0.2, -0.15) is 0 Å². The molecule has 0 saturated carbocycles. The van der Waals surface area contributed by atoms with Gasteiger partial charge in [-0.15, -0.1) is 0 Å². The van der Waals surface area contributed by atoms with E-state index >= 15 is 0 Å². The summed E-state index contributed by atoms with van der Waals surface area (Å²) in [5.41, 5.74) is 3.34. The lowest BCUT2D eigenvalue weighted by Crippen LogP contribution is -2.47. The van der Waals surface area contributed by atoms with Gasteiger partial charge in [0.1, 0.15) is 0 Å². The van der Waals surface area contributed by atoms with Crippen molar-refractivity contribution >= 4 is 29.1 Å². The Morgan fingerprint density at radius 2 is 2.26 bits per heavy atom. The highest BCUT2D eigenvalue weighted by molar-refractivity contribution is 6.31. The Bertz CT molecular complexity index is 497. The number of halogens is 1. The largest absolute Gasteiger partial charge is 0.354 e. The van der Waals surface area contributed by atoms with Crippen LogP contribution in [0.15, 0.2) is 18.2 Å². The van der Waals surface area contributed by atoms with Gasteiger partial charge in [-0.3, -0.25) is 15.4 Å². The van der Waals surface area contributed by atoms with E-state index in [2.05, 4.69) is 16.1 Å². The summed E-state index contributed by atoms with van der Waals surface area (Å²) in [5.74, 6) is 5.10. The molecular formula is C12H15ClN4O2. The van der Waals surface area contributed by atoms with Gasteiger partial charge in [-0.1, -0.05) is 11.6 Å². The molecule has 2 amide bonds. The van der Waals surface area contributed by atoms with Crippen molar-refractivity contribution in [3.8, 4) is 0 Å². The Kier molecular flexibility index (Phi) is 4.24. The summed E-state index contributed by atoms with van der Waals surface area (Å²) in [6, 6.07) is 4.76. The highest BCUT2D eigenvalue weighted by Crippen LogP contribution is 2.20. The van der Waals surface area contributed by atoms with Crippen LogP contribution in [0.4, 0.5) is 5.69 Å². The molecule has 0 bridgehead atoms. The SMILES string of the molecule is NNc1ccc(Cl)cc1C(=O)NC1CCC(=O)NC1. The summed E-state index contributed by atoms with van der Waals surface area (Å²) in [7, 11) is 0. The number of nitrogen functional groups attached to an aromatic ring is 1. The molecule has 2 rings (SSSR count). The zero-order valence-electron chi connectivity index (χ0n) is 10.2. The highest BCUT2D eigenvalue weighted by atomic mass is 35.5. The second-order valence-corrected chi connectivity index (χ2v) is 4.78. The first kappa shape index (κ1) is 13.6. The number of anilines is 1. The van der Waals surface area contributed by atoms with E-state index in [1.54, 1.807) is 18.2 Å². The molecule has 19 heavy (non-hydrogen) atoms. The van der Waals surface area contributed by atoms with E-state index < -0.39 is 0 Å². The van der Waals surface area contributed by atoms with Crippen LogP contribution in [0.3, 0.4) is 0 Å². The molecule has 5 N–H and O–H groups in total. The van der Waals surface area contributed by atoms with Crippen LogP contribution in [0.2, 0.25) is 5.02 Å². The molecule has 1 aromatic carbocycles. The summed E-state index contributed by atoms with van der Waals surface area (Å²) in [4.78, 5) is 23.2. The summed E-state index contributed by atoms with van der Waals surface area (Å²) >= 11 is 5.87. The molecular weight excluding hydrogens is 268 g/mol. The predicted molar refractivity (Wildman–Crippen MR) is 72.8 cm³/mol. The molecule has 1 aliphatic heterocycles. The van der Waals surface area contributed by atoms with Gasteiger partial charge in [-0.25, -0.2) is 0 Å². The van der Waals surface area contributed by atoms with Gasteiger partial charge < -0.3 is 16.1 Å². The van der Waals surface area contributed by atoms with Gasteiger partial charge in [0.25, 0.3) is 5.91 Å². The number of hydrazine groups is 1. The van der Waals surface area contributed by atoms with Gasteiger partial charge in [0, 0.05) is 24.0 Å². The molecule has 6 nitrogen and oxygen atoms in total. The average molecular weight is 283 g/mol. The first-order valence-electron chi connectivity index (χ1n) is 5.94. The third-order valence-corrected chi connectivity index (χ3v) is 3.22. The number of piperidine rings is 1. The molecule has 0 aromatic heterocycles. The van der Waals surface area contributed by atoms with Crippen LogP contribution in [0.1, 0.15) is 23.2 Å². The summed E-state index contributed by atoms with van der Waals surface area (Å²) < 4.78 is 0. The van der Waals surface area contributed by atoms with Crippen molar-refractivity contribution in [2.45, 2.75) is 18.9 Å². The zero-order valence-corrected chi connectivity index (χ0v) is 11.0. The van der Waals surface area contributed by atoms with Crippen LogP contribution in [-0.2, 0) is 4.79 Å². The van der Waals surface area contributed by atoms with Crippen LogP contribution in [0.25, 0.3) is 0 Å². The van der Waals surface area contributed by atoms with Crippen LogP contribution in [-0.4, -0.2) is 24.4 Å². The fourth-order valence-corrected chi connectivity index (χ4v) is 2.12. The second-order valence-electron chi connectivity index (χ2n) is 4.35. The molecule has 102 valence electrons. The van der Waals surface area contributed by atoms with Crippen LogP contribution >= 0.6 is 11.6 Å². The van der Waals surface area contributed by atoms with Crippen molar-refractivity contribution in [2.24, 2.45) is 5.84 Å². The first-order chi connectivity index (χ1) is 9.10. The third-order valence-electron chi connectivity index (χ3n) is 2.98. The lowest BCUT2D eigenvalue weighted by molar-refractivity contribution is -0.122. The molecule has 1 atom stereocenters. The van der Waals surface area contributed by atoms with Crippen LogP contribution in [0, 0.1) is 0 Å². The van der Waals surface area contributed by atoms with E-state index in [1.807, 2.05) is 0 Å². The Labute approximate surface area is 115 Å². The van der Waals surface area contributed by atoms with Crippen molar-refractivity contribution in [1.82, 2.24) is 10.6 Å². The lowest BCUT2D eigenvalue weighted by Gasteiger charge is -2.23. The molecule has 0 spiro atoms. The standard InChI is InChI=1S/C12H15ClN4O2/c13-7-1-3-10(17-14)9(5-7)12(19)16-8-2-4-11(18)15-6-8/h1,3,5,8,17H,2,4,6,14H2,(H,15,18)(H,16,19). The van der Waals surface area contributed by atoms with E-state index in [-0.39, 0.29) is 17.9 Å². The fourth-order valence-electron chi connectivity index (χ4n) is 1.95. The number of nitrogens with one attached hydrogen (secondary N) is 3. The maximum Gasteiger partial charge on any atom is 0.253 e. The number of carbonyl (C=O) groups excluding carboxylic acids is 2. The van der Waals surface area contributed by atoms with E-state index in [9.17, 15) is 9.59 Å². The van der Waals surface area contributed by atoms with E-state index in [0.717, 1.165) is 0 Å². The van der Waals surface area contributed by atoms with Crippen molar-refractivity contribution in [3.63, 3.8) is 0 Å². The monoisotopic (exact) mass is 282 g/mol. The van der Waals surface area contributed by atoms with Crippen molar-refractivity contribution < 1.29 is 9.59 Å². The Morgan fingerprint density at radius 3 is 2.89 bits per heavy atom. The number of benzene rings is 1. The molecule has 1 unspecified atom stereocenters. The number of rotatable bonds is 3. The smallest absolute Gasteiger partial charge is 0.253 e. The van der Waals surface area contributed by atoms with Gasteiger partial charge in [0.2, 0.25) is 5.91 Å². The lowest BCUT2D eigenvalue weighted by atomic mass is 10.1. The predicted octanol–water partition coefficient (Wildman–Crippen LogP) is 0.634. The Morgan fingerprint density at radius 1 is 1.47 bits per heavy atom. The summed E-state index contributed by atoms with van der Waals surface area (Å²) in [6.45, 7) is 0.441. The minimum Gasteiger partial charge on any atom is -0.354 e. The van der Waals surface area contributed by atoms with Gasteiger partial charge in [0.15, 0.2) is 0 Å². The maximum absolute atomic E-state index is 12.1.